The van der Waals surface area contributed by atoms with Crippen molar-refractivity contribution in [3.8, 4) is 17.8 Å². The third-order valence-electron chi connectivity index (χ3n) is 8.47. The van der Waals surface area contributed by atoms with Crippen LogP contribution in [0.2, 0.25) is 0 Å². The monoisotopic (exact) mass is 611 g/mol. The second kappa shape index (κ2) is 13.3. The molecule has 0 spiro atoms. The van der Waals surface area contributed by atoms with Crippen molar-refractivity contribution in [2.24, 2.45) is 5.41 Å². The summed E-state index contributed by atoms with van der Waals surface area (Å²) >= 11 is 0. The SMILES string of the molecule is C=C(F)C(=O)N1CCN(c2nc(OCC3(CN(C)C)CCOC3)nc3c2CCCN(c2c(O)cccc2F)C3)C[C@@H]1CC#N. The Labute approximate surface area is 256 Å². The second-order valence-corrected chi connectivity index (χ2v) is 12.1. The predicted octanol–water partition coefficient (Wildman–Crippen LogP) is 3.04. The normalized spacial score (nSPS) is 22.0. The molecule has 13 heteroatoms. The lowest BCUT2D eigenvalue weighted by atomic mass is 9.88. The molecule has 2 atom stereocenters. The number of hydrogen-bond donors (Lipinski definition) is 1. The first-order valence-electron chi connectivity index (χ1n) is 14.9. The van der Waals surface area contributed by atoms with Crippen LogP contribution in [0.4, 0.5) is 20.3 Å². The van der Waals surface area contributed by atoms with Crippen LogP contribution in [0.1, 0.15) is 30.5 Å². The average molecular weight is 612 g/mol. The number of carbonyl (C=O) groups is 1. The number of halogens is 2. The molecule has 1 aromatic carbocycles. The summed E-state index contributed by atoms with van der Waals surface area (Å²) in [4.78, 5) is 29.4. The van der Waals surface area contributed by atoms with Crippen LogP contribution in [-0.4, -0.2) is 103 Å². The number of anilines is 2. The highest BCUT2D eigenvalue weighted by atomic mass is 19.1. The first kappa shape index (κ1) is 31.4. The molecule has 1 N–H and O–H groups in total. The van der Waals surface area contributed by atoms with Crippen molar-refractivity contribution in [2.45, 2.75) is 38.3 Å². The first-order chi connectivity index (χ1) is 21.1. The van der Waals surface area contributed by atoms with E-state index in [0.717, 1.165) is 18.5 Å². The van der Waals surface area contributed by atoms with E-state index in [-0.39, 0.29) is 48.9 Å². The Hall–Kier alpha value is -4.02. The minimum Gasteiger partial charge on any atom is -0.506 e. The lowest BCUT2D eigenvalue weighted by Gasteiger charge is -2.41. The minimum atomic E-state index is -1.06. The number of hydrogen-bond acceptors (Lipinski definition) is 10. The van der Waals surface area contributed by atoms with Crippen molar-refractivity contribution in [1.82, 2.24) is 19.8 Å². The predicted molar refractivity (Wildman–Crippen MR) is 160 cm³/mol. The highest BCUT2D eigenvalue weighted by molar-refractivity contribution is 5.91. The molecule has 1 aromatic heterocycles. The number of carbonyl (C=O) groups excluding carboxylic acids is 1. The Morgan fingerprint density at radius 2 is 2.11 bits per heavy atom. The fourth-order valence-corrected chi connectivity index (χ4v) is 6.50. The fourth-order valence-electron chi connectivity index (χ4n) is 6.50. The Bertz CT molecular complexity index is 1410. The molecule has 0 bridgehead atoms. The third kappa shape index (κ3) is 6.71. The smallest absolute Gasteiger partial charge is 0.318 e. The van der Waals surface area contributed by atoms with E-state index in [1.54, 1.807) is 4.90 Å². The molecule has 11 nitrogen and oxygen atoms in total. The Kier molecular flexibility index (Phi) is 9.51. The summed E-state index contributed by atoms with van der Waals surface area (Å²) < 4.78 is 40.8. The summed E-state index contributed by atoms with van der Waals surface area (Å²) in [6, 6.07) is 5.94. The fraction of sp³-hybridized carbons (Fsp3) is 0.548. The number of aromatic nitrogens is 2. The lowest BCUT2D eigenvalue weighted by Crippen LogP contribution is -2.55. The van der Waals surface area contributed by atoms with Crippen LogP contribution in [0.15, 0.2) is 30.6 Å². The van der Waals surface area contributed by atoms with Crippen LogP contribution in [-0.2, 0) is 22.5 Å². The second-order valence-electron chi connectivity index (χ2n) is 12.1. The van der Waals surface area contributed by atoms with Gasteiger partial charge in [-0.2, -0.15) is 15.2 Å². The molecule has 44 heavy (non-hydrogen) atoms. The van der Waals surface area contributed by atoms with Crippen molar-refractivity contribution >= 4 is 17.4 Å². The molecule has 3 aliphatic heterocycles. The van der Waals surface area contributed by atoms with Gasteiger partial charge in [0.05, 0.1) is 37.4 Å². The number of fused-ring (bicyclic) bond motifs is 1. The maximum Gasteiger partial charge on any atom is 0.318 e. The van der Waals surface area contributed by atoms with Gasteiger partial charge in [-0.3, -0.25) is 4.79 Å². The minimum absolute atomic E-state index is 0.0134. The van der Waals surface area contributed by atoms with Crippen molar-refractivity contribution in [3.05, 3.63) is 47.7 Å². The van der Waals surface area contributed by atoms with E-state index in [9.17, 15) is 23.9 Å². The number of ether oxygens (including phenoxy) is 2. The standard InChI is InChI=1S/C31H39F2N7O4/c1-21(32)29(42)40-14-13-39(16-22(40)9-11-34)28-23-6-5-12-38(27-24(33)7-4-8-26(27)41)17-25(23)35-30(36-28)44-20-31(18-37(2)3)10-15-43-19-31/h4,7-8,22,41H,1,5-6,9-10,12-20H2,2-3H3/t22-,31?/m0/s1. The summed E-state index contributed by atoms with van der Waals surface area (Å²) in [5.74, 6) is -1.95. The van der Waals surface area contributed by atoms with Gasteiger partial charge in [0.25, 0.3) is 5.91 Å². The molecule has 1 amide bonds. The van der Waals surface area contributed by atoms with Crippen LogP contribution < -0.4 is 14.5 Å². The van der Waals surface area contributed by atoms with Gasteiger partial charge in [-0.1, -0.05) is 12.6 Å². The summed E-state index contributed by atoms with van der Waals surface area (Å²) in [5.41, 5.74) is 1.38. The van der Waals surface area contributed by atoms with Gasteiger partial charge < -0.3 is 34.2 Å². The molecule has 2 aromatic rings. The zero-order chi connectivity index (χ0) is 31.4. The molecule has 0 aliphatic carbocycles. The molecule has 0 radical (unpaired) electrons. The van der Waals surface area contributed by atoms with Crippen molar-refractivity contribution in [3.63, 3.8) is 0 Å². The lowest BCUT2D eigenvalue weighted by molar-refractivity contribution is -0.131. The molecule has 4 heterocycles. The molecule has 3 aliphatic rings. The number of amides is 1. The maximum atomic E-state index is 14.9. The molecule has 236 valence electrons. The zero-order valence-corrected chi connectivity index (χ0v) is 25.3. The first-order valence-corrected chi connectivity index (χ1v) is 14.9. The highest BCUT2D eigenvalue weighted by Gasteiger charge is 2.38. The Morgan fingerprint density at radius 3 is 2.80 bits per heavy atom. The van der Waals surface area contributed by atoms with E-state index in [2.05, 4.69) is 17.5 Å². The van der Waals surface area contributed by atoms with Crippen LogP contribution >= 0.6 is 0 Å². The molecule has 2 saturated heterocycles. The molecule has 0 saturated carbocycles. The van der Waals surface area contributed by atoms with E-state index >= 15 is 0 Å². The van der Waals surface area contributed by atoms with E-state index in [1.165, 1.54) is 23.1 Å². The molecular weight excluding hydrogens is 572 g/mol. The van der Waals surface area contributed by atoms with Crippen LogP contribution in [0.3, 0.4) is 0 Å². The van der Waals surface area contributed by atoms with Crippen LogP contribution in [0.25, 0.3) is 0 Å². The van der Waals surface area contributed by atoms with Crippen molar-refractivity contribution in [1.29, 1.82) is 5.26 Å². The Balaban J connectivity index is 1.51. The quantitative estimate of drug-likeness (QED) is 0.424. The number of para-hydroxylation sites is 1. The molecule has 1 unspecified atom stereocenters. The third-order valence-corrected chi connectivity index (χ3v) is 8.47. The maximum absolute atomic E-state index is 14.9. The van der Waals surface area contributed by atoms with Gasteiger partial charge >= 0.3 is 6.01 Å². The molecule has 5 rings (SSSR count). The molecule has 2 fully saturated rings. The van der Waals surface area contributed by atoms with Gasteiger partial charge in [0.2, 0.25) is 0 Å². The van der Waals surface area contributed by atoms with E-state index < -0.39 is 23.6 Å². The molecular formula is C31H39F2N7O4. The number of aromatic hydroxyl groups is 1. The number of phenolic OH excluding ortho intramolecular Hbond substituents is 1. The summed E-state index contributed by atoms with van der Waals surface area (Å²) in [7, 11) is 4.01. The topological polar surface area (TPSA) is 118 Å². The number of benzene rings is 1. The number of piperazine rings is 1. The number of rotatable bonds is 9. The number of nitriles is 1. The Morgan fingerprint density at radius 1 is 1.30 bits per heavy atom. The van der Waals surface area contributed by atoms with Gasteiger partial charge in [0.15, 0.2) is 5.83 Å². The largest absolute Gasteiger partial charge is 0.506 e. The summed E-state index contributed by atoms with van der Waals surface area (Å²) in [6.07, 6.45) is 2.06. The van der Waals surface area contributed by atoms with Gasteiger partial charge in [-0.25, -0.2) is 8.78 Å². The highest BCUT2D eigenvalue weighted by Crippen LogP contribution is 2.37. The van der Waals surface area contributed by atoms with Gasteiger partial charge in [0.1, 0.15) is 29.7 Å². The summed E-state index contributed by atoms with van der Waals surface area (Å²) in [6.45, 7) is 6.91. The van der Waals surface area contributed by atoms with Gasteiger partial charge in [0, 0.05) is 50.3 Å². The van der Waals surface area contributed by atoms with Crippen LogP contribution in [0, 0.1) is 22.6 Å². The van der Waals surface area contributed by atoms with Crippen LogP contribution in [0.5, 0.6) is 11.8 Å². The summed E-state index contributed by atoms with van der Waals surface area (Å²) in [5, 5.41) is 20.0. The van der Waals surface area contributed by atoms with Crippen molar-refractivity contribution < 1.29 is 28.2 Å². The van der Waals surface area contributed by atoms with Gasteiger partial charge in [-0.15, -0.1) is 0 Å². The number of nitrogens with zero attached hydrogens (tertiary/aromatic N) is 7. The van der Waals surface area contributed by atoms with E-state index in [1.807, 2.05) is 19.0 Å². The average Bonchev–Trinajstić information content (AvgIpc) is 3.33. The van der Waals surface area contributed by atoms with E-state index in [4.69, 9.17) is 19.4 Å². The van der Waals surface area contributed by atoms with Gasteiger partial charge in [-0.05, 0) is 45.5 Å². The van der Waals surface area contributed by atoms with E-state index in [0.29, 0.717) is 57.3 Å². The van der Waals surface area contributed by atoms with Crippen molar-refractivity contribution in [2.75, 3.05) is 76.4 Å². The zero-order valence-electron chi connectivity index (χ0n) is 25.3. The number of phenols is 1.